The lowest BCUT2D eigenvalue weighted by atomic mass is 9.98. The highest BCUT2D eigenvalue weighted by molar-refractivity contribution is 5.96. The third-order valence-electron chi connectivity index (χ3n) is 6.61. The maximum atomic E-state index is 12.8. The summed E-state index contributed by atoms with van der Waals surface area (Å²) in [7, 11) is 0. The zero-order chi connectivity index (χ0) is 22.5. The third-order valence-corrected chi connectivity index (χ3v) is 6.61. The van der Waals surface area contributed by atoms with Crippen LogP contribution < -0.4 is 10.6 Å². The summed E-state index contributed by atoms with van der Waals surface area (Å²) in [6.45, 7) is 7.24. The lowest BCUT2D eigenvalue weighted by molar-refractivity contribution is 0.0697. The van der Waals surface area contributed by atoms with Crippen LogP contribution in [0.15, 0.2) is 18.2 Å². The Bertz CT molecular complexity index is 961. The molecule has 0 radical (unpaired) electrons. The largest absolute Gasteiger partial charge is 0.339 e. The van der Waals surface area contributed by atoms with E-state index >= 15 is 0 Å². The predicted octanol–water partition coefficient (Wildman–Crippen LogP) is 3.55. The molecule has 0 unspecified atom stereocenters. The molecule has 0 saturated carbocycles. The number of anilines is 1. The van der Waals surface area contributed by atoms with Crippen molar-refractivity contribution in [1.29, 1.82) is 0 Å². The number of hydrogen-bond acceptors (Lipinski definition) is 4. The number of carbonyl (C=O) groups excluding carboxylic acids is 2. The van der Waals surface area contributed by atoms with Gasteiger partial charge in [-0.2, -0.15) is 0 Å². The minimum absolute atomic E-state index is 0.0726. The molecule has 4 rings (SSSR count). The van der Waals surface area contributed by atoms with Crippen LogP contribution >= 0.6 is 0 Å². The molecule has 8 nitrogen and oxygen atoms in total. The predicted molar refractivity (Wildman–Crippen MR) is 124 cm³/mol. The fourth-order valence-electron chi connectivity index (χ4n) is 4.52. The Hall–Kier alpha value is -2.90. The molecular weight excluding hydrogens is 404 g/mol. The summed E-state index contributed by atoms with van der Waals surface area (Å²) in [4.78, 5) is 27.1. The van der Waals surface area contributed by atoms with Crippen molar-refractivity contribution in [3.8, 4) is 0 Å². The van der Waals surface area contributed by atoms with Crippen molar-refractivity contribution in [2.24, 2.45) is 5.92 Å². The van der Waals surface area contributed by atoms with E-state index in [0.29, 0.717) is 30.1 Å². The van der Waals surface area contributed by atoms with E-state index in [4.69, 9.17) is 0 Å². The van der Waals surface area contributed by atoms with Crippen molar-refractivity contribution < 1.29 is 9.59 Å². The van der Waals surface area contributed by atoms with Crippen molar-refractivity contribution in [3.05, 3.63) is 41.0 Å². The average Bonchev–Trinajstić information content (AvgIpc) is 3.01. The summed E-state index contributed by atoms with van der Waals surface area (Å²) in [6.07, 6.45) is 7.30. The molecule has 1 aromatic carbocycles. The monoisotopic (exact) mass is 438 g/mol. The van der Waals surface area contributed by atoms with Gasteiger partial charge >= 0.3 is 6.03 Å². The molecule has 172 valence electrons. The van der Waals surface area contributed by atoms with E-state index in [9.17, 15) is 9.59 Å². The number of nitrogens with zero attached hydrogens (tertiary/aromatic N) is 4. The van der Waals surface area contributed by atoms with Gasteiger partial charge in [-0.1, -0.05) is 13.3 Å². The summed E-state index contributed by atoms with van der Waals surface area (Å²) in [5.41, 5.74) is 2.26. The highest BCUT2D eigenvalue weighted by atomic mass is 16.2. The molecule has 1 fully saturated rings. The molecule has 1 aromatic heterocycles. The number of amides is 3. The van der Waals surface area contributed by atoms with Crippen molar-refractivity contribution in [3.63, 3.8) is 0 Å². The van der Waals surface area contributed by atoms with Crippen LogP contribution in [0.3, 0.4) is 0 Å². The van der Waals surface area contributed by atoms with Crippen LogP contribution in [0.2, 0.25) is 0 Å². The Labute approximate surface area is 189 Å². The lowest BCUT2D eigenvalue weighted by Crippen LogP contribution is -2.38. The Kier molecular flexibility index (Phi) is 7.07. The normalized spacial score (nSPS) is 16.9. The van der Waals surface area contributed by atoms with E-state index in [1.165, 1.54) is 12.8 Å². The lowest BCUT2D eigenvalue weighted by Gasteiger charge is -2.30. The molecule has 8 heteroatoms. The van der Waals surface area contributed by atoms with E-state index in [1.54, 1.807) is 6.07 Å². The second kappa shape index (κ2) is 10.1. The molecule has 2 aromatic rings. The number of rotatable bonds is 5. The van der Waals surface area contributed by atoms with Crippen LogP contribution in [0.25, 0.3) is 0 Å². The Morgan fingerprint density at radius 2 is 1.91 bits per heavy atom. The number of piperidine rings is 1. The smallest absolute Gasteiger partial charge is 0.319 e. The Morgan fingerprint density at radius 3 is 2.69 bits per heavy atom. The number of hydrogen-bond donors (Lipinski definition) is 2. The van der Waals surface area contributed by atoms with Crippen LogP contribution in [0.5, 0.6) is 0 Å². The zero-order valence-electron chi connectivity index (χ0n) is 19.2. The number of fused-ring (bicyclic) bond motifs is 1. The topological polar surface area (TPSA) is 92.2 Å². The standard InChI is InChI=1S/C24H34N6O2/c1-17-10-14-29(15-11-17)23(31)19-7-8-20(18(2)16-19)26-24(32)25-12-9-22-28-27-21-6-4-3-5-13-30(21)22/h7-8,16-17H,3-6,9-15H2,1-2H3,(H2,25,26,32). The minimum atomic E-state index is -0.257. The van der Waals surface area contributed by atoms with Crippen LogP contribution in [0, 0.1) is 12.8 Å². The van der Waals surface area contributed by atoms with Gasteiger partial charge in [0, 0.05) is 50.3 Å². The van der Waals surface area contributed by atoms with Gasteiger partial charge in [0.15, 0.2) is 0 Å². The first-order valence-electron chi connectivity index (χ1n) is 11.9. The molecule has 3 heterocycles. The van der Waals surface area contributed by atoms with Gasteiger partial charge < -0.3 is 20.1 Å². The number of nitrogens with one attached hydrogen (secondary N) is 2. The number of benzene rings is 1. The number of carbonyl (C=O) groups is 2. The molecule has 0 spiro atoms. The molecule has 32 heavy (non-hydrogen) atoms. The first kappa shape index (κ1) is 22.3. The first-order valence-corrected chi connectivity index (χ1v) is 11.9. The molecule has 2 N–H and O–H groups in total. The van der Waals surface area contributed by atoms with Gasteiger partial charge in [-0.15, -0.1) is 10.2 Å². The summed E-state index contributed by atoms with van der Waals surface area (Å²) >= 11 is 0. The van der Waals surface area contributed by atoms with Gasteiger partial charge in [0.25, 0.3) is 5.91 Å². The molecule has 1 saturated heterocycles. The van der Waals surface area contributed by atoms with Crippen molar-refractivity contribution in [2.75, 3.05) is 25.0 Å². The number of likely N-dealkylation sites (tertiary alicyclic amines) is 1. The van der Waals surface area contributed by atoms with E-state index < -0.39 is 0 Å². The fourth-order valence-corrected chi connectivity index (χ4v) is 4.52. The van der Waals surface area contributed by atoms with Gasteiger partial charge in [0.2, 0.25) is 0 Å². The number of aryl methyl sites for hydroxylation is 2. The van der Waals surface area contributed by atoms with E-state index in [0.717, 1.165) is 62.5 Å². The minimum Gasteiger partial charge on any atom is -0.339 e. The van der Waals surface area contributed by atoms with Crippen molar-refractivity contribution in [1.82, 2.24) is 25.0 Å². The quantitative estimate of drug-likeness (QED) is 0.747. The highest BCUT2D eigenvalue weighted by Crippen LogP contribution is 2.21. The van der Waals surface area contributed by atoms with Crippen LogP contribution in [-0.4, -0.2) is 51.2 Å². The van der Waals surface area contributed by atoms with Gasteiger partial charge in [-0.3, -0.25) is 4.79 Å². The van der Waals surface area contributed by atoms with Gasteiger partial charge in [-0.05, 0) is 62.3 Å². The van der Waals surface area contributed by atoms with Gasteiger partial charge in [-0.25, -0.2) is 4.79 Å². The van der Waals surface area contributed by atoms with Gasteiger partial charge in [0.05, 0.1) is 0 Å². The molecular formula is C24H34N6O2. The Balaban J connectivity index is 1.28. The molecule has 2 aliphatic heterocycles. The summed E-state index contributed by atoms with van der Waals surface area (Å²) < 4.78 is 2.20. The van der Waals surface area contributed by atoms with E-state index in [1.807, 2.05) is 24.0 Å². The second-order valence-corrected chi connectivity index (χ2v) is 9.13. The molecule has 3 amide bonds. The summed E-state index contributed by atoms with van der Waals surface area (Å²) in [5, 5.41) is 14.4. The average molecular weight is 439 g/mol. The van der Waals surface area contributed by atoms with E-state index in [-0.39, 0.29) is 11.9 Å². The molecule has 0 bridgehead atoms. The van der Waals surface area contributed by atoms with Crippen molar-refractivity contribution >= 4 is 17.6 Å². The maximum Gasteiger partial charge on any atom is 0.319 e. The van der Waals surface area contributed by atoms with Crippen LogP contribution in [-0.2, 0) is 19.4 Å². The Morgan fingerprint density at radius 1 is 1.09 bits per heavy atom. The summed E-state index contributed by atoms with van der Waals surface area (Å²) in [6, 6.07) is 5.22. The zero-order valence-corrected chi connectivity index (χ0v) is 19.2. The van der Waals surface area contributed by atoms with E-state index in [2.05, 4.69) is 32.3 Å². The maximum absolute atomic E-state index is 12.8. The SMILES string of the molecule is Cc1cc(C(=O)N2CCC(C)CC2)ccc1NC(=O)NCCc1nnc2n1CCCCC2. The number of urea groups is 1. The molecule has 0 atom stereocenters. The molecule has 0 aliphatic carbocycles. The fraction of sp³-hybridized carbons (Fsp3) is 0.583. The number of aromatic nitrogens is 3. The van der Waals surface area contributed by atoms with Crippen LogP contribution in [0.1, 0.15) is 66.6 Å². The van der Waals surface area contributed by atoms with Crippen LogP contribution in [0.4, 0.5) is 10.5 Å². The second-order valence-electron chi connectivity index (χ2n) is 9.13. The third kappa shape index (κ3) is 5.29. The first-order chi connectivity index (χ1) is 15.5. The van der Waals surface area contributed by atoms with Crippen molar-refractivity contribution in [2.45, 2.75) is 65.3 Å². The summed E-state index contributed by atoms with van der Waals surface area (Å²) in [5.74, 6) is 2.76. The molecule has 2 aliphatic rings. The van der Waals surface area contributed by atoms with Gasteiger partial charge in [0.1, 0.15) is 11.6 Å². The highest BCUT2D eigenvalue weighted by Gasteiger charge is 2.22.